The maximum atomic E-state index is 11.1. The van der Waals surface area contributed by atoms with Crippen LogP contribution in [-0.4, -0.2) is 50.6 Å². The molecule has 2 rings (SSSR count). The van der Waals surface area contributed by atoms with E-state index in [1.54, 1.807) is 0 Å². The fraction of sp³-hybridized carbons (Fsp3) is 0.882. The molecule has 0 bridgehead atoms. The van der Waals surface area contributed by atoms with Crippen molar-refractivity contribution in [2.45, 2.75) is 70.0 Å². The second-order valence-corrected chi connectivity index (χ2v) is 6.16. The maximum absolute atomic E-state index is 11.1. The van der Waals surface area contributed by atoms with Crippen LogP contribution in [-0.2, 0) is 28.5 Å². The van der Waals surface area contributed by atoms with Crippen LogP contribution in [0.25, 0.3) is 0 Å². The van der Waals surface area contributed by atoms with Gasteiger partial charge in [0.2, 0.25) is 0 Å². The highest BCUT2D eigenvalue weighted by Gasteiger charge is 2.20. The lowest BCUT2D eigenvalue weighted by Gasteiger charge is -2.22. The molecule has 2 aliphatic heterocycles. The van der Waals surface area contributed by atoms with Gasteiger partial charge < -0.3 is 18.9 Å². The minimum absolute atomic E-state index is 0.0331. The van der Waals surface area contributed by atoms with Crippen molar-refractivity contribution in [1.82, 2.24) is 0 Å². The highest BCUT2D eigenvalue weighted by Crippen LogP contribution is 2.17. The standard InChI is InChI=1S/C17H28O6/c18-16-6-1-4-14(22-16)8-12-20-10-3-11-21-13-9-15-5-2-7-17(19)23-15/h14-15H,1-13H2. The van der Waals surface area contributed by atoms with Crippen LogP contribution in [0.3, 0.4) is 0 Å². The third-order valence-corrected chi connectivity index (χ3v) is 4.16. The average molecular weight is 328 g/mol. The summed E-state index contributed by atoms with van der Waals surface area (Å²) in [5.74, 6) is -0.170. The third-order valence-electron chi connectivity index (χ3n) is 4.16. The topological polar surface area (TPSA) is 71.1 Å². The fourth-order valence-electron chi connectivity index (χ4n) is 2.86. The summed E-state index contributed by atoms with van der Waals surface area (Å²) in [6, 6.07) is 0. The molecule has 2 fully saturated rings. The van der Waals surface area contributed by atoms with Crippen LogP contribution in [0, 0.1) is 0 Å². The monoisotopic (exact) mass is 328 g/mol. The Bertz CT molecular complexity index is 336. The van der Waals surface area contributed by atoms with Crippen LogP contribution in [0.1, 0.15) is 57.8 Å². The van der Waals surface area contributed by atoms with Crippen LogP contribution in [0.4, 0.5) is 0 Å². The molecule has 0 N–H and O–H groups in total. The summed E-state index contributed by atoms with van der Waals surface area (Å²) in [5.41, 5.74) is 0. The molecule has 2 atom stereocenters. The lowest BCUT2D eigenvalue weighted by molar-refractivity contribution is -0.155. The van der Waals surface area contributed by atoms with E-state index >= 15 is 0 Å². The molecule has 0 aliphatic carbocycles. The Morgan fingerprint density at radius 3 is 1.70 bits per heavy atom. The van der Waals surface area contributed by atoms with Crippen LogP contribution in [0.15, 0.2) is 0 Å². The van der Waals surface area contributed by atoms with Gasteiger partial charge in [0.15, 0.2) is 0 Å². The Hall–Kier alpha value is -1.14. The van der Waals surface area contributed by atoms with Crippen LogP contribution >= 0.6 is 0 Å². The van der Waals surface area contributed by atoms with E-state index in [9.17, 15) is 9.59 Å². The summed E-state index contributed by atoms with van der Waals surface area (Å²) >= 11 is 0. The van der Waals surface area contributed by atoms with E-state index < -0.39 is 0 Å². The highest BCUT2D eigenvalue weighted by atomic mass is 16.6. The van der Waals surface area contributed by atoms with Crippen molar-refractivity contribution in [3.63, 3.8) is 0 Å². The molecule has 0 saturated carbocycles. The van der Waals surface area contributed by atoms with E-state index in [0.717, 1.165) is 44.9 Å². The van der Waals surface area contributed by atoms with Crippen molar-refractivity contribution in [3.05, 3.63) is 0 Å². The normalized spacial score (nSPS) is 25.0. The average Bonchev–Trinajstić information content (AvgIpc) is 2.53. The maximum Gasteiger partial charge on any atom is 0.306 e. The number of esters is 2. The van der Waals surface area contributed by atoms with Gasteiger partial charge in [-0.05, 0) is 32.1 Å². The smallest absolute Gasteiger partial charge is 0.306 e. The van der Waals surface area contributed by atoms with Crippen molar-refractivity contribution in [3.8, 4) is 0 Å². The summed E-state index contributed by atoms with van der Waals surface area (Å²) in [6.45, 7) is 2.55. The lowest BCUT2D eigenvalue weighted by atomic mass is 10.1. The molecule has 2 heterocycles. The number of hydrogen-bond donors (Lipinski definition) is 0. The molecular formula is C17H28O6. The molecule has 23 heavy (non-hydrogen) atoms. The van der Waals surface area contributed by atoms with Crippen molar-refractivity contribution >= 4 is 11.9 Å². The molecule has 0 aromatic carbocycles. The molecule has 0 radical (unpaired) electrons. The molecule has 0 aromatic rings. The van der Waals surface area contributed by atoms with E-state index in [1.807, 2.05) is 0 Å². The first-order chi connectivity index (χ1) is 11.2. The molecular weight excluding hydrogens is 300 g/mol. The molecule has 2 unspecified atom stereocenters. The third kappa shape index (κ3) is 7.79. The van der Waals surface area contributed by atoms with Gasteiger partial charge in [0.25, 0.3) is 0 Å². The van der Waals surface area contributed by atoms with E-state index in [0.29, 0.717) is 39.3 Å². The molecule has 2 aliphatic rings. The predicted molar refractivity (Wildman–Crippen MR) is 83.0 cm³/mol. The SMILES string of the molecule is O=C1CCCC(CCOCCCOCCC2CCCC(=O)O2)O1. The van der Waals surface area contributed by atoms with Crippen LogP contribution in [0.2, 0.25) is 0 Å². The second-order valence-electron chi connectivity index (χ2n) is 6.16. The molecule has 6 heteroatoms. The molecule has 0 amide bonds. The number of cyclic esters (lactones) is 2. The first-order valence-corrected chi connectivity index (χ1v) is 8.78. The highest BCUT2D eigenvalue weighted by molar-refractivity contribution is 5.70. The van der Waals surface area contributed by atoms with Crippen LogP contribution in [0.5, 0.6) is 0 Å². The predicted octanol–water partition coefficient (Wildman–Crippen LogP) is 2.38. The zero-order valence-corrected chi connectivity index (χ0v) is 13.8. The van der Waals surface area contributed by atoms with Crippen molar-refractivity contribution in [1.29, 1.82) is 0 Å². The van der Waals surface area contributed by atoms with Gasteiger partial charge in [0.05, 0.1) is 13.2 Å². The van der Waals surface area contributed by atoms with Crippen molar-refractivity contribution in [2.24, 2.45) is 0 Å². The summed E-state index contributed by atoms with van der Waals surface area (Å²) < 4.78 is 21.5. The van der Waals surface area contributed by atoms with E-state index in [-0.39, 0.29) is 24.1 Å². The minimum Gasteiger partial charge on any atom is -0.462 e. The number of ether oxygens (including phenoxy) is 4. The fourth-order valence-corrected chi connectivity index (χ4v) is 2.86. The van der Waals surface area contributed by atoms with Crippen LogP contribution < -0.4 is 0 Å². The molecule has 132 valence electrons. The van der Waals surface area contributed by atoms with Gasteiger partial charge >= 0.3 is 11.9 Å². The Morgan fingerprint density at radius 2 is 1.26 bits per heavy atom. The second kappa shape index (κ2) is 10.6. The van der Waals surface area contributed by atoms with E-state index in [1.165, 1.54) is 0 Å². The number of rotatable bonds is 10. The summed E-state index contributed by atoms with van der Waals surface area (Å²) in [5, 5.41) is 0. The van der Waals surface area contributed by atoms with E-state index in [4.69, 9.17) is 18.9 Å². The van der Waals surface area contributed by atoms with Crippen molar-refractivity contribution in [2.75, 3.05) is 26.4 Å². The zero-order chi connectivity index (χ0) is 16.3. The quantitative estimate of drug-likeness (QED) is 0.453. The summed E-state index contributed by atoms with van der Waals surface area (Å²) in [7, 11) is 0. The van der Waals surface area contributed by atoms with Gasteiger partial charge in [-0.2, -0.15) is 0 Å². The number of hydrogen-bond acceptors (Lipinski definition) is 6. The Kier molecular flexibility index (Phi) is 8.39. The summed E-state index contributed by atoms with van der Waals surface area (Å²) in [4.78, 5) is 22.3. The number of carbonyl (C=O) groups is 2. The molecule has 0 aromatic heterocycles. The molecule has 6 nitrogen and oxygen atoms in total. The zero-order valence-electron chi connectivity index (χ0n) is 13.8. The van der Waals surface area contributed by atoms with Gasteiger partial charge in [-0.25, -0.2) is 0 Å². The molecule has 2 saturated heterocycles. The largest absolute Gasteiger partial charge is 0.462 e. The Labute approximate surface area is 137 Å². The van der Waals surface area contributed by atoms with Gasteiger partial charge in [-0.15, -0.1) is 0 Å². The van der Waals surface area contributed by atoms with Gasteiger partial charge in [-0.1, -0.05) is 0 Å². The Balaban J connectivity index is 1.35. The van der Waals surface area contributed by atoms with E-state index in [2.05, 4.69) is 0 Å². The van der Waals surface area contributed by atoms with Gasteiger partial charge in [0, 0.05) is 38.9 Å². The first-order valence-electron chi connectivity index (χ1n) is 8.78. The number of carbonyl (C=O) groups excluding carboxylic acids is 2. The van der Waals surface area contributed by atoms with Gasteiger partial charge in [0.1, 0.15) is 12.2 Å². The molecule has 0 spiro atoms. The summed E-state index contributed by atoms with van der Waals surface area (Å²) in [6.07, 6.45) is 7.31. The van der Waals surface area contributed by atoms with Gasteiger partial charge in [-0.3, -0.25) is 9.59 Å². The lowest BCUT2D eigenvalue weighted by Crippen LogP contribution is -2.25. The first kappa shape index (κ1) is 18.2. The minimum atomic E-state index is -0.0849. The Morgan fingerprint density at radius 1 is 0.783 bits per heavy atom. The van der Waals surface area contributed by atoms with Crippen molar-refractivity contribution < 1.29 is 28.5 Å².